The summed E-state index contributed by atoms with van der Waals surface area (Å²) in [5, 5.41) is 5.25. The molecule has 4 rings (SSSR count). The van der Waals surface area contributed by atoms with E-state index in [-0.39, 0.29) is 17.3 Å². The molecule has 0 aliphatic carbocycles. The maximum absolute atomic E-state index is 13.3. The topological polar surface area (TPSA) is 64.0 Å². The summed E-state index contributed by atoms with van der Waals surface area (Å²) in [4.78, 5) is 31.3. The van der Waals surface area contributed by atoms with Crippen molar-refractivity contribution >= 4 is 33.1 Å². The first-order chi connectivity index (χ1) is 14.9. The molecule has 0 aliphatic rings. The summed E-state index contributed by atoms with van der Waals surface area (Å²) in [5.41, 5.74) is 3.91. The molecule has 0 radical (unpaired) electrons. The van der Waals surface area contributed by atoms with Crippen molar-refractivity contribution in [3.8, 4) is 11.1 Å². The van der Waals surface area contributed by atoms with Crippen molar-refractivity contribution in [3.05, 3.63) is 81.5 Å². The zero-order valence-electron chi connectivity index (χ0n) is 17.5. The number of halogens is 1. The quantitative estimate of drug-likeness (QED) is 0.461. The minimum atomic E-state index is -0.755. The number of hydrogen-bond acceptors (Lipinski definition) is 4. The van der Waals surface area contributed by atoms with Gasteiger partial charge in [-0.1, -0.05) is 37.3 Å². The third kappa shape index (κ3) is 3.88. The molecule has 0 spiro atoms. The van der Waals surface area contributed by atoms with Crippen LogP contribution < -0.4 is 10.9 Å². The molecule has 1 amide bonds. The number of benzene rings is 2. The predicted molar refractivity (Wildman–Crippen MR) is 123 cm³/mol. The molecule has 2 aromatic heterocycles. The first kappa shape index (κ1) is 20.9. The zero-order valence-corrected chi connectivity index (χ0v) is 18.3. The van der Waals surface area contributed by atoms with E-state index in [1.165, 1.54) is 34.4 Å². The van der Waals surface area contributed by atoms with Gasteiger partial charge in [0.2, 0.25) is 5.91 Å². The number of hydrogen-bond donors (Lipinski definition) is 1. The van der Waals surface area contributed by atoms with Crippen molar-refractivity contribution in [2.45, 2.75) is 33.2 Å². The van der Waals surface area contributed by atoms with Gasteiger partial charge in [-0.25, -0.2) is 9.37 Å². The molecule has 0 aliphatic heterocycles. The number of nitrogens with zero attached hydrogens (tertiary/aromatic N) is 2. The molecule has 5 nitrogen and oxygen atoms in total. The molecule has 0 saturated carbocycles. The van der Waals surface area contributed by atoms with Crippen LogP contribution in [0.5, 0.6) is 0 Å². The lowest BCUT2D eigenvalue weighted by Crippen LogP contribution is -2.32. The Bertz CT molecular complexity index is 1330. The van der Waals surface area contributed by atoms with Crippen LogP contribution in [0.4, 0.5) is 10.1 Å². The number of amides is 1. The zero-order chi connectivity index (χ0) is 22.1. The summed E-state index contributed by atoms with van der Waals surface area (Å²) in [6.07, 6.45) is 2.20. The van der Waals surface area contributed by atoms with Crippen LogP contribution in [0.15, 0.2) is 59.0 Å². The molecule has 0 bridgehead atoms. The minimum Gasteiger partial charge on any atom is -0.324 e. The van der Waals surface area contributed by atoms with Crippen molar-refractivity contribution in [1.82, 2.24) is 9.55 Å². The number of nitrogens with one attached hydrogen (secondary N) is 1. The van der Waals surface area contributed by atoms with E-state index in [0.717, 1.165) is 28.8 Å². The highest BCUT2D eigenvalue weighted by molar-refractivity contribution is 7.17. The monoisotopic (exact) mass is 435 g/mol. The summed E-state index contributed by atoms with van der Waals surface area (Å²) in [6.45, 7) is 5.65. The van der Waals surface area contributed by atoms with Crippen LogP contribution in [0.3, 0.4) is 0 Å². The molecule has 1 atom stereocenters. The van der Waals surface area contributed by atoms with E-state index in [0.29, 0.717) is 15.8 Å². The Morgan fingerprint density at radius 3 is 2.68 bits per heavy atom. The molecule has 1 unspecified atom stereocenters. The highest BCUT2D eigenvalue weighted by Crippen LogP contribution is 2.31. The molecule has 0 saturated heterocycles. The van der Waals surface area contributed by atoms with Crippen molar-refractivity contribution in [2.24, 2.45) is 0 Å². The largest absolute Gasteiger partial charge is 0.324 e. The number of para-hydroxylation sites is 1. The first-order valence-electron chi connectivity index (χ1n) is 10.0. The molecule has 7 heteroatoms. The van der Waals surface area contributed by atoms with Crippen LogP contribution in [-0.2, 0) is 11.2 Å². The molecule has 31 heavy (non-hydrogen) atoms. The highest BCUT2D eigenvalue weighted by atomic mass is 32.1. The molecule has 158 valence electrons. The van der Waals surface area contributed by atoms with Gasteiger partial charge in [0, 0.05) is 16.6 Å². The highest BCUT2D eigenvalue weighted by Gasteiger charge is 2.21. The van der Waals surface area contributed by atoms with Gasteiger partial charge in [-0.3, -0.25) is 14.2 Å². The average Bonchev–Trinajstić information content (AvgIpc) is 3.20. The van der Waals surface area contributed by atoms with Crippen LogP contribution in [-0.4, -0.2) is 15.5 Å². The summed E-state index contributed by atoms with van der Waals surface area (Å²) in [7, 11) is 0. The van der Waals surface area contributed by atoms with E-state index >= 15 is 0 Å². The normalized spacial score (nSPS) is 12.1. The lowest BCUT2D eigenvalue weighted by molar-refractivity contribution is -0.118. The van der Waals surface area contributed by atoms with Crippen LogP contribution in [0.2, 0.25) is 0 Å². The molecule has 2 aromatic carbocycles. The van der Waals surface area contributed by atoms with Gasteiger partial charge >= 0.3 is 0 Å². The van der Waals surface area contributed by atoms with Gasteiger partial charge < -0.3 is 5.32 Å². The van der Waals surface area contributed by atoms with Gasteiger partial charge in [-0.15, -0.1) is 11.3 Å². The van der Waals surface area contributed by atoms with Crippen molar-refractivity contribution < 1.29 is 9.18 Å². The molecular formula is C24H22FN3O2S. The molecule has 0 fully saturated rings. The minimum absolute atomic E-state index is 0.286. The Labute approximate surface area is 183 Å². The van der Waals surface area contributed by atoms with E-state index in [2.05, 4.69) is 10.3 Å². The standard InChI is InChI=1S/C24H22FN3O2S/c1-4-16-7-5-6-14(2)21(16)27-22(29)15(3)28-13-26-23-20(24(28)30)19(12-31-23)17-8-10-18(25)11-9-17/h5-13,15H,4H2,1-3H3,(H,27,29). The van der Waals surface area contributed by atoms with E-state index in [9.17, 15) is 14.0 Å². The predicted octanol–water partition coefficient (Wildman–Crippen LogP) is 5.33. The van der Waals surface area contributed by atoms with E-state index < -0.39 is 6.04 Å². The van der Waals surface area contributed by atoms with Crippen LogP contribution >= 0.6 is 11.3 Å². The number of aryl methyl sites for hydroxylation is 2. The Morgan fingerprint density at radius 2 is 1.97 bits per heavy atom. The summed E-state index contributed by atoms with van der Waals surface area (Å²) < 4.78 is 14.7. The third-order valence-corrected chi connectivity index (χ3v) is 6.35. The van der Waals surface area contributed by atoms with Crippen LogP contribution in [0.25, 0.3) is 21.3 Å². The maximum atomic E-state index is 13.3. The fraction of sp³-hybridized carbons (Fsp3) is 0.208. The fourth-order valence-electron chi connectivity index (χ4n) is 3.62. The number of fused-ring (bicyclic) bond motifs is 1. The lowest BCUT2D eigenvalue weighted by Gasteiger charge is -2.18. The summed E-state index contributed by atoms with van der Waals surface area (Å²) in [6, 6.07) is 11.1. The van der Waals surface area contributed by atoms with Gasteiger partial charge in [-0.2, -0.15) is 0 Å². The Morgan fingerprint density at radius 1 is 1.23 bits per heavy atom. The third-order valence-electron chi connectivity index (χ3n) is 5.46. The number of aromatic nitrogens is 2. The van der Waals surface area contributed by atoms with E-state index in [1.807, 2.05) is 37.4 Å². The van der Waals surface area contributed by atoms with E-state index in [1.54, 1.807) is 19.1 Å². The van der Waals surface area contributed by atoms with Crippen molar-refractivity contribution in [3.63, 3.8) is 0 Å². The van der Waals surface area contributed by atoms with Crippen LogP contribution in [0.1, 0.15) is 31.0 Å². The summed E-state index contributed by atoms with van der Waals surface area (Å²) >= 11 is 1.35. The second kappa shape index (κ2) is 8.43. The number of rotatable bonds is 5. The fourth-order valence-corrected chi connectivity index (χ4v) is 4.53. The molecule has 4 aromatic rings. The Balaban J connectivity index is 1.72. The molecular weight excluding hydrogens is 413 g/mol. The lowest BCUT2D eigenvalue weighted by atomic mass is 10.1. The van der Waals surface area contributed by atoms with E-state index in [4.69, 9.17) is 0 Å². The maximum Gasteiger partial charge on any atom is 0.263 e. The number of anilines is 1. The SMILES string of the molecule is CCc1cccc(C)c1NC(=O)C(C)n1cnc2scc(-c3ccc(F)cc3)c2c1=O. The molecule has 2 heterocycles. The van der Waals surface area contributed by atoms with Gasteiger partial charge in [0.1, 0.15) is 16.7 Å². The van der Waals surface area contributed by atoms with Gasteiger partial charge in [0.25, 0.3) is 5.56 Å². The number of thiophene rings is 1. The van der Waals surface area contributed by atoms with Gasteiger partial charge in [0.15, 0.2) is 0 Å². The Kier molecular flexibility index (Phi) is 5.69. The summed E-state index contributed by atoms with van der Waals surface area (Å²) in [5.74, 6) is -0.627. The van der Waals surface area contributed by atoms with Crippen molar-refractivity contribution in [2.75, 3.05) is 5.32 Å². The smallest absolute Gasteiger partial charge is 0.263 e. The Hall–Kier alpha value is -3.32. The number of carbonyl (C=O) groups excluding carboxylic acids is 1. The molecule has 1 N–H and O–H groups in total. The number of carbonyl (C=O) groups is 1. The first-order valence-corrected chi connectivity index (χ1v) is 10.9. The second-order valence-corrected chi connectivity index (χ2v) is 8.28. The second-order valence-electron chi connectivity index (χ2n) is 7.42. The average molecular weight is 436 g/mol. The van der Waals surface area contributed by atoms with Crippen LogP contribution in [0, 0.1) is 12.7 Å². The van der Waals surface area contributed by atoms with Crippen molar-refractivity contribution in [1.29, 1.82) is 0 Å². The van der Waals surface area contributed by atoms with Gasteiger partial charge in [-0.05, 0) is 49.1 Å². The van der Waals surface area contributed by atoms with Gasteiger partial charge in [0.05, 0.1) is 11.7 Å².